The fourth-order valence-electron chi connectivity index (χ4n) is 4.71. The molecular weight excluding hydrogens is 514 g/mol. The monoisotopic (exact) mass is 537 g/mol. The van der Waals surface area contributed by atoms with E-state index in [1.165, 1.54) is 16.6 Å². The van der Waals surface area contributed by atoms with Gasteiger partial charge in [0, 0.05) is 23.2 Å². The number of nitrogens with zero attached hydrogens (tertiary/aromatic N) is 3. The molecule has 0 bridgehead atoms. The van der Waals surface area contributed by atoms with Gasteiger partial charge in [0.05, 0.1) is 35.7 Å². The van der Waals surface area contributed by atoms with Crippen LogP contribution in [0.5, 0.6) is 5.75 Å². The lowest BCUT2D eigenvalue weighted by molar-refractivity contribution is -0.143. The molecular formula is C27H24ClN3O5S. The van der Waals surface area contributed by atoms with E-state index in [0.29, 0.717) is 38.0 Å². The van der Waals surface area contributed by atoms with Crippen molar-refractivity contribution in [1.82, 2.24) is 4.57 Å². The molecule has 2 aromatic carbocycles. The summed E-state index contributed by atoms with van der Waals surface area (Å²) in [7, 11) is 3.18. The van der Waals surface area contributed by atoms with Gasteiger partial charge in [0.25, 0.3) is 11.5 Å². The summed E-state index contributed by atoms with van der Waals surface area (Å²) >= 11 is 7.47. The highest BCUT2D eigenvalue weighted by molar-refractivity contribution is 7.07. The zero-order chi connectivity index (χ0) is 26.6. The third kappa shape index (κ3) is 3.98. The Morgan fingerprint density at radius 1 is 1.16 bits per heavy atom. The Bertz CT molecular complexity index is 1680. The second kappa shape index (κ2) is 9.32. The molecule has 3 heterocycles. The van der Waals surface area contributed by atoms with E-state index < -0.39 is 17.6 Å². The summed E-state index contributed by atoms with van der Waals surface area (Å²) in [6, 6.07) is 11.4. The van der Waals surface area contributed by atoms with Crippen LogP contribution in [0.4, 0.5) is 5.69 Å². The highest BCUT2D eigenvalue weighted by Gasteiger charge is 2.37. The lowest BCUT2D eigenvalue weighted by Crippen LogP contribution is -2.41. The zero-order valence-corrected chi connectivity index (χ0v) is 22.4. The minimum absolute atomic E-state index is 0.202. The Labute approximate surface area is 221 Å². The summed E-state index contributed by atoms with van der Waals surface area (Å²) in [4.78, 5) is 47.2. The van der Waals surface area contributed by atoms with E-state index in [1.807, 2.05) is 24.3 Å². The smallest absolute Gasteiger partial charge is 0.338 e. The molecule has 37 heavy (non-hydrogen) atoms. The summed E-state index contributed by atoms with van der Waals surface area (Å²) in [6.07, 6.45) is -0.385. The number of allylic oxidation sites excluding steroid dienone is 1. The lowest BCUT2D eigenvalue weighted by Gasteiger charge is -2.26. The molecule has 8 nitrogen and oxygen atoms in total. The molecule has 0 radical (unpaired) electrons. The number of aromatic nitrogens is 1. The standard InChI is InChI=1S/C27H24ClN3O5S/c1-13(2)36-26(34)20-14(3)29-27-31(22(20)17-12-15(28)10-11-19(17)35-5)25(33)23(37-27)21-16-8-6-7-9-18(16)30(4)24(21)32/h6-13,22H,1-5H3/b23-21+/t22-/m0/s1. The molecule has 0 N–H and O–H groups in total. The molecule has 1 amide bonds. The van der Waals surface area contributed by atoms with Crippen molar-refractivity contribution in [2.75, 3.05) is 19.1 Å². The Morgan fingerprint density at radius 2 is 1.89 bits per heavy atom. The maximum absolute atomic E-state index is 14.1. The second-order valence-corrected chi connectivity index (χ2v) is 10.4. The van der Waals surface area contributed by atoms with E-state index in [-0.39, 0.29) is 22.1 Å². The third-order valence-electron chi connectivity index (χ3n) is 6.33. The maximum atomic E-state index is 14.1. The fraction of sp³-hybridized carbons (Fsp3) is 0.259. The number of carbonyl (C=O) groups is 2. The van der Waals surface area contributed by atoms with Gasteiger partial charge in [-0.2, -0.15) is 0 Å². The van der Waals surface area contributed by atoms with Gasteiger partial charge in [-0.3, -0.25) is 14.2 Å². The van der Waals surface area contributed by atoms with E-state index in [9.17, 15) is 14.4 Å². The average Bonchev–Trinajstić information content (AvgIpc) is 3.30. The molecule has 190 valence electrons. The molecule has 0 fully saturated rings. The number of esters is 1. The number of fused-ring (bicyclic) bond motifs is 2. The highest BCUT2D eigenvalue weighted by Crippen LogP contribution is 2.38. The first kappa shape index (κ1) is 25.0. The van der Waals surface area contributed by atoms with Crippen LogP contribution in [-0.2, 0) is 14.3 Å². The minimum atomic E-state index is -0.921. The van der Waals surface area contributed by atoms with Gasteiger partial charge in [0.15, 0.2) is 4.80 Å². The third-order valence-corrected chi connectivity index (χ3v) is 7.62. The van der Waals surface area contributed by atoms with Gasteiger partial charge in [-0.1, -0.05) is 41.1 Å². The number of ether oxygens (including phenoxy) is 2. The first-order valence-corrected chi connectivity index (χ1v) is 12.8. The Morgan fingerprint density at radius 3 is 2.59 bits per heavy atom. The highest BCUT2D eigenvalue weighted by atomic mass is 35.5. The van der Waals surface area contributed by atoms with Gasteiger partial charge in [-0.05, 0) is 45.0 Å². The molecule has 10 heteroatoms. The largest absolute Gasteiger partial charge is 0.496 e. The van der Waals surface area contributed by atoms with Gasteiger partial charge in [0.1, 0.15) is 16.3 Å². The van der Waals surface area contributed by atoms with Crippen LogP contribution in [-0.4, -0.2) is 36.7 Å². The van der Waals surface area contributed by atoms with Crippen LogP contribution in [0.15, 0.2) is 63.5 Å². The van der Waals surface area contributed by atoms with Crippen LogP contribution in [0.25, 0.3) is 5.57 Å². The number of anilines is 1. The summed E-state index contributed by atoms with van der Waals surface area (Å²) in [5.41, 5.74) is 2.38. The number of hydrogen-bond donors (Lipinski definition) is 0. The maximum Gasteiger partial charge on any atom is 0.338 e. The molecule has 3 aromatic rings. The molecule has 5 rings (SSSR count). The molecule has 0 saturated heterocycles. The summed E-state index contributed by atoms with van der Waals surface area (Å²) in [6.45, 7) is 5.20. The molecule has 2 aliphatic rings. The summed E-state index contributed by atoms with van der Waals surface area (Å²) in [5, 5.41) is 0.411. The average molecular weight is 538 g/mol. The molecule has 0 spiro atoms. The fourth-order valence-corrected chi connectivity index (χ4v) is 6.03. The molecule has 0 aliphatic carbocycles. The van der Waals surface area contributed by atoms with Gasteiger partial charge in [-0.15, -0.1) is 0 Å². The second-order valence-electron chi connectivity index (χ2n) is 9.00. The van der Waals surface area contributed by atoms with Crippen LogP contribution in [0.2, 0.25) is 5.02 Å². The van der Waals surface area contributed by atoms with Crippen LogP contribution in [0.3, 0.4) is 0 Å². The number of halogens is 1. The zero-order valence-electron chi connectivity index (χ0n) is 20.9. The summed E-state index contributed by atoms with van der Waals surface area (Å²) < 4.78 is 12.8. The van der Waals surface area contributed by atoms with E-state index in [1.54, 1.807) is 46.0 Å². The number of para-hydroxylation sites is 1. The van der Waals surface area contributed by atoms with Crippen LogP contribution < -0.4 is 24.5 Å². The Hall–Kier alpha value is -3.69. The Balaban J connectivity index is 1.86. The molecule has 0 saturated carbocycles. The normalized spacial score (nSPS) is 18.1. The SMILES string of the molecule is COc1ccc(Cl)cc1[C@H]1C(C(=O)OC(C)C)=C(C)N=c2s/c(=C3/C(=O)N(C)c4ccccc43)c(=O)n21. The number of rotatable bonds is 4. The molecule has 1 atom stereocenters. The number of thiazole rings is 1. The van der Waals surface area contributed by atoms with Crippen molar-refractivity contribution in [3.63, 3.8) is 0 Å². The molecule has 1 aromatic heterocycles. The number of hydrogen-bond acceptors (Lipinski definition) is 7. The van der Waals surface area contributed by atoms with Crippen LogP contribution in [0.1, 0.15) is 37.9 Å². The number of methoxy groups -OCH3 is 1. The van der Waals surface area contributed by atoms with Crippen molar-refractivity contribution in [3.8, 4) is 5.75 Å². The van der Waals surface area contributed by atoms with Crippen molar-refractivity contribution in [2.24, 2.45) is 4.99 Å². The van der Waals surface area contributed by atoms with Crippen LogP contribution >= 0.6 is 22.9 Å². The van der Waals surface area contributed by atoms with E-state index in [0.717, 1.165) is 17.0 Å². The predicted octanol–water partition coefficient (Wildman–Crippen LogP) is 3.20. The van der Waals surface area contributed by atoms with Gasteiger partial charge in [0.2, 0.25) is 0 Å². The van der Waals surface area contributed by atoms with E-state index in [2.05, 4.69) is 4.99 Å². The van der Waals surface area contributed by atoms with Gasteiger partial charge >= 0.3 is 5.97 Å². The van der Waals surface area contributed by atoms with Crippen molar-refractivity contribution >= 4 is 46.1 Å². The van der Waals surface area contributed by atoms with Crippen LogP contribution in [0, 0.1) is 0 Å². The van der Waals surface area contributed by atoms with E-state index >= 15 is 0 Å². The van der Waals surface area contributed by atoms with E-state index in [4.69, 9.17) is 21.1 Å². The first-order valence-electron chi connectivity index (χ1n) is 11.6. The van der Waals surface area contributed by atoms with Crippen molar-refractivity contribution in [1.29, 1.82) is 0 Å². The van der Waals surface area contributed by atoms with Gasteiger partial charge < -0.3 is 14.4 Å². The lowest BCUT2D eigenvalue weighted by atomic mass is 9.95. The predicted molar refractivity (Wildman–Crippen MR) is 142 cm³/mol. The topological polar surface area (TPSA) is 90.2 Å². The molecule has 2 aliphatic heterocycles. The number of benzene rings is 2. The number of likely N-dealkylation sites (N-methyl/N-ethyl adjacent to an activating group) is 1. The summed E-state index contributed by atoms with van der Waals surface area (Å²) in [5.74, 6) is -0.430. The minimum Gasteiger partial charge on any atom is -0.496 e. The van der Waals surface area contributed by atoms with Crippen molar-refractivity contribution < 1.29 is 19.1 Å². The first-order chi connectivity index (χ1) is 17.6. The van der Waals surface area contributed by atoms with Crippen molar-refractivity contribution in [2.45, 2.75) is 32.9 Å². The number of amides is 1. The number of carbonyl (C=O) groups excluding carboxylic acids is 2. The molecule has 0 unspecified atom stereocenters. The Kier molecular flexibility index (Phi) is 6.29. The quantitative estimate of drug-likeness (QED) is 0.477. The van der Waals surface area contributed by atoms with Gasteiger partial charge in [-0.25, -0.2) is 9.79 Å². The van der Waals surface area contributed by atoms with Crippen molar-refractivity contribution in [3.05, 3.63) is 89.6 Å².